The maximum atomic E-state index is 11.7. The van der Waals surface area contributed by atoms with Crippen molar-refractivity contribution in [2.24, 2.45) is 7.05 Å². The Labute approximate surface area is 155 Å². The second-order valence-electron chi connectivity index (χ2n) is 6.22. The second kappa shape index (κ2) is 7.53. The number of esters is 1. The number of pyridine rings is 1. The van der Waals surface area contributed by atoms with Gasteiger partial charge in [-0.2, -0.15) is 5.10 Å². The summed E-state index contributed by atoms with van der Waals surface area (Å²) in [6, 6.07) is 7.04. The third-order valence-electron chi connectivity index (χ3n) is 4.32. The van der Waals surface area contributed by atoms with Crippen LogP contribution in [0.1, 0.15) is 24.6 Å². The lowest BCUT2D eigenvalue weighted by Gasteiger charge is -2.05. The van der Waals surface area contributed by atoms with Crippen LogP contribution in [-0.4, -0.2) is 32.3 Å². The van der Waals surface area contributed by atoms with E-state index in [1.54, 1.807) is 30.9 Å². The molecule has 0 aliphatic carbocycles. The third kappa shape index (κ3) is 3.79. The van der Waals surface area contributed by atoms with Crippen LogP contribution in [0.4, 0.5) is 5.69 Å². The van der Waals surface area contributed by atoms with Crippen molar-refractivity contribution in [1.29, 1.82) is 0 Å². The smallest absolute Gasteiger partial charge is 0.306 e. The van der Waals surface area contributed by atoms with Gasteiger partial charge in [0, 0.05) is 47.9 Å². The molecule has 1 aromatic carbocycles. The molecule has 0 unspecified atom stereocenters. The number of benzene rings is 1. The average Bonchev–Trinajstić information content (AvgIpc) is 2.95. The Morgan fingerprint density at radius 2 is 2.11 bits per heavy atom. The van der Waals surface area contributed by atoms with Crippen molar-refractivity contribution in [3.05, 3.63) is 51.8 Å². The van der Waals surface area contributed by atoms with Gasteiger partial charge in [0.25, 0.3) is 5.69 Å². The van der Waals surface area contributed by atoms with Gasteiger partial charge in [-0.05, 0) is 38.5 Å². The fourth-order valence-electron chi connectivity index (χ4n) is 3.08. The molecule has 0 amide bonds. The van der Waals surface area contributed by atoms with Crippen LogP contribution in [0.3, 0.4) is 0 Å². The van der Waals surface area contributed by atoms with E-state index in [4.69, 9.17) is 4.74 Å². The van der Waals surface area contributed by atoms with Crippen molar-refractivity contribution in [2.75, 3.05) is 6.61 Å². The van der Waals surface area contributed by atoms with Crippen LogP contribution >= 0.6 is 0 Å². The van der Waals surface area contributed by atoms with Gasteiger partial charge in [-0.15, -0.1) is 0 Å². The normalized spacial score (nSPS) is 10.9. The minimum Gasteiger partial charge on any atom is -0.466 e. The molecule has 140 valence electrons. The summed E-state index contributed by atoms with van der Waals surface area (Å²) in [5.41, 5.74) is 3.60. The van der Waals surface area contributed by atoms with E-state index in [1.165, 1.54) is 6.07 Å². The Balaban J connectivity index is 2.11. The largest absolute Gasteiger partial charge is 0.466 e. The molecule has 0 radical (unpaired) electrons. The fraction of sp³-hybridized carbons (Fsp3) is 0.316. The summed E-state index contributed by atoms with van der Waals surface area (Å²) in [6.45, 7) is 3.91. The molecular weight excluding hydrogens is 348 g/mol. The lowest BCUT2D eigenvalue weighted by Crippen LogP contribution is -2.06. The highest BCUT2D eigenvalue weighted by Crippen LogP contribution is 2.33. The summed E-state index contributed by atoms with van der Waals surface area (Å²) in [4.78, 5) is 27.0. The molecule has 0 aliphatic rings. The quantitative estimate of drug-likeness (QED) is 0.376. The fourth-order valence-corrected chi connectivity index (χ4v) is 3.08. The minimum absolute atomic E-state index is 0.0211. The topological polar surface area (TPSA) is 100 Å². The van der Waals surface area contributed by atoms with E-state index in [0.717, 1.165) is 22.3 Å². The van der Waals surface area contributed by atoms with Crippen molar-refractivity contribution < 1.29 is 14.5 Å². The van der Waals surface area contributed by atoms with E-state index in [2.05, 4.69) is 10.1 Å². The maximum absolute atomic E-state index is 11.7. The molecular formula is C19H20N4O4. The maximum Gasteiger partial charge on any atom is 0.306 e. The Morgan fingerprint density at radius 1 is 1.33 bits per heavy atom. The van der Waals surface area contributed by atoms with Gasteiger partial charge in [-0.25, -0.2) is 0 Å². The summed E-state index contributed by atoms with van der Waals surface area (Å²) in [5, 5.41) is 16.9. The van der Waals surface area contributed by atoms with E-state index in [-0.39, 0.29) is 31.1 Å². The molecule has 8 nitrogen and oxygen atoms in total. The number of aromatic nitrogens is 3. The van der Waals surface area contributed by atoms with Gasteiger partial charge >= 0.3 is 5.97 Å². The van der Waals surface area contributed by atoms with Crippen LogP contribution < -0.4 is 0 Å². The number of nitro groups is 1. The molecule has 27 heavy (non-hydrogen) atoms. The van der Waals surface area contributed by atoms with Crippen molar-refractivity contribution in [2.45, 2.75) is 26.7 Å². The van der Waals surface area contributed by atoms with Crippen LogP contribution in [0.5, 0.6) is 0 Å². The van der Waals surface area contributed by atoms with E-state index in [1.807, 2.05) is 19.1 Å². The van der Waals surface area contributed by atoms with Crippen LogP contribution in [-0.2, 0) is 23.0 Å². The van der Waals surface area contributed by atoms with Crippen molar-refractivity contribution in [3.8, 4) is 11.3 Å². The monoisotopic (exact) mass is 368 g/mol. The molecule has 0 saturated heterocycles. The van der Waals surface area contributed by atoms with Gasteiger partial charge in [0.05, 0.1) is 17.0 Å². The lowest BCUT2D eigenvalue weighted by molar-refractivity contribution is -0.385. The average molecular weight is 368 g/mol. The Kier molecular flexibility index (Phi) is 5.16. The number of fused-ring (bicyclic) bond motifs is 1. The first kappa shape index (κ1) is 18.5. The van der Waals surface area contributed by atoms with Crippen LogP contribution in [0.15, 0.2) is 30.5 Å². The molecule has 2 heterocycles. The molecule has 0 atom stereocenters. The highest BCUT2D eigenvalue weighted by Gasteiger charge is 2.21. The molecule has 8 heteroatoms. The molecule has 0 aliphatic heterocycles. The Morgan fingerprint density at radius 3 is 2.78 bits per heavy atom. The summed E-state index contributed by atoms with van der Waals surface area (Å²) < 4.78 is 6.56. The highest BCUT2D eigenvalue weighted by atomic mass is 16.6. The van der Waals surface area contributed by atoms with E-state index in [9.17, 15) is 14.9 Å². The number of aryl methyl sites for hydroxylation is 3. The summed E-state index contributed by atoms with van der Waals surface area (Å²) in [6.07, 6.45) is 2.02. The first-order valence-electron chi connectivity index (χ1n) is 8.63. The molecule has 0 saturated carbocycles. The predicted octanol–water partition coefficient (Wildman–Crippen LogP) is 3.35. The van der Waals surface area contributed by atoms with Gasteiger partial charge in [-0.3, -0.25) is 24.6 Å². The third-order valence-corrected chi connectivity index (χ3v) is 4.32. The van der Waals surface area contributed by atoms with Gasteiger partial charge in [0.15, 0.2) is 0 Å². The number of carbonyl (C=O) groups is 1. The number of rotatable bonds is 6. The first-order valence-corrected chi connectivity index (χ1v) is 8.63. The number of ether oxygens (including phenoxy) is 1. The van der Waals surface area contributed by atoms with Crippen molar-refractivity contribution in [1.82, 2.24) is 14.8 Å². The first-order chi connectivity index (χ1) is 12.9. The zero-order chi connectivity index (χ0) is 19.6. The van der Waals surface area contributed by atoms with Crippen molar-refractivity contribution >= 4 is 22.6 Å². The van der Waals surface area contributed by atoms with Crippen LogP contribution in [0.25, 0.3) is 22.2 Å². The molecule has 0 fully saturated rings. The molecule has 3 aromatic rings. The van der Waals surface area contributed by atoms with E-state index < -0.39 is 4.92 Å². The number of hydrogen-bond acceptors (Lipinski definition) is 6. The Hall–Kier alpha value is -3.29. The van der Waals surface area contributed by atoms with E-state index in [0.29, 0.717) is 11.1 Å². The number of hydrogen-bond donors (Lipinski definition) is 0. The zero-order valence-corrected chi connectivity index (χ0v) is 15.4. The number of nitrogens with zero attached hydrogens (tertiary/aromatic N) is 4. The molecule has 3 rings (SSSR count). The second-order valence-corrected chi connectivity index (χ2v) is 6.22. The standard InChI is InChI=1S/C19H20N4O4/c1-4-27-18(24)6-5-13-10-15-17(11-16(13)23(25)26)22(3)21-19(15)14-7-8-20-12(2)9-14/h7-11H,4-6H2,1-3H3. The molecule has 0 spiro atoms. The highest BCUT2D eigenvalue weighted by molar-refractivity contribution is 5.95. The predicted molar refractivity (Wildman–Crippen MR) is 100 cm³/mol. The number of nitro benzene ring substituents is 1. The summed E-state index contributed by atoms with van der Waals surface area (Å²) in [5.74, 6) is -0.372. The zero-order valence-electron chi connectivity index (χ0n) is 15.4. The number of carbonyl (C=O) groups excluding carboxylic acids is 1. The Bertz CT molecular complexity index is 1030. The summed E-state index contributed by atoms with van der Waals surface area (Å²) >= 11 is 0. The van der Waals surface area contributed by atoms with Gasteiger partial charge in [0.2, 0.25) is 0 Å². The summed E-state index contributed by atoms with van der Waals surface area (Å²) in [7, 11) is 1.75. The SMILES string of the molecule is CCOC(=O)CCc1cc2c(-c3ccnc(C)c3)nn(C)c2cc1[N+](=O)[O-]. The van der Waals surface area contributed by atoms with Crippen LogP contribution in [0.2, 0.25) is 0 Å². The van der Waals surface area contributed by atoms with Gasteiger partial charge in [-0.1, -0.05) is 0 Å². The van der Waals surface area contributed by atoms with Crippen LogP contribution in [0, 0.1) is 17.0 Å². The molecule has 0 bridgehead atoms. The molecule has 2 aromatic heterocycles. The van der Waals surface area contributed by atoms with Gasteiger partial charge < -0.3 is 4.74 Å². The van der Waals surface area contributed by atoms with E-state index >= 15 is 0 Å². The van der Waals surface area contributed by atoms with Crippen molar-refractivity contribution in [3.63, 3.8) is 0 Å². The molecule has 0 N–H and O–H groups in total. The lowest BCUT2D eigenvalue weighted by atomic mass is 10.0. The minimum atomic E-state index is -0.427. The van der Waals surface area contributed by atoms with Gasteiger partial charge in [0.1, 0.15) is 5.69 Å².